The standard InChI is InChI=1S/C22H24N4O/c1-3-27-20-11-7-6-10-19(20)25-21-14-22(24-16(2)23-21)26-13-12-17-8-4-5-9-18(17)15-26/h4-11,14H,3,12-13,15H2,1-2H3,(H,23,24,25). The molecule has 1 aliphatic heterocycles. The van der Waals surface area contributed by atoms with Gasteiger partial charge in [0.05, 0.1) is 12.3 Å². The predicted molar refractivity (Wildman–Crippen MR) is 109 cm³/mol. The Hall–Kier alpha value is -3.08. The molecule has 0 amide bonds. The van der Waals surface area contributed by atoms with Crippen LogP contribution in [0.1, 0.15) is 23.9 Å². The Kier molecular flexibility index (Phi) is 4.92. The van der Waals surface area contributed by atoms with E-state index in [2.05, 4.69) is 44.5 Å². The highest BCUT2D eigenvalue weighted by molar-refractivity contribution is 5.66. The van der Waals surface area contributed by atoms with Crippen LogP contribution < -0.4 is 15.0 Å². The molecule has 0 bridgehead atoms. The zero-order valence-corrected chi connectivity index (χ0v) is 15.8. The number of anilines is 3. The predicted octanol–water partition coefficient (Wildman–Crippen LogP) is 4.49. The van der Waals surface area contributed by atoms with Gasteiger partial charge in [-0.3, -0.25) is 0 Å². The SMILES string of the molecule is CCOc1ccccc1Nc1cc(N2CCc3ccccc3C2)nc(C)n1. The molecule has 1 N–H and O–H groups in total. The van der Waals surface area contributed by atoms with Crippen LogP contribution in [0.4, 0.5) is 17.3 Å². The van der Waals surface area contributed by atoms with Crippen molar-refractivity contribution in [3.05, 3.63) is 71.5 Å². The average Bonchev–Trinajstić information content (AvgIpc) is 2.69. The molecule has 0 spiro atoms. The molecule has 2 heterocycles. The molecule has 5 heteroatoms. The number of hydrogen-bond donors (Lipinski definition) is 1. The Morgan fingerprint density at radius 3 is 2.67 bits per heavy atom. The lowest BCUT2D eigenvalue weighted by molar-refractivity contribution is 0.342. The topological polar surface area (TPSA) is 50.3 Å². The summed E-state index contributed by atoms with van der Waals surface area (Å²) in [6, 6.07) is 18.6. The summed E-state index contributed by atoms with van der Waals surface area (Å²) in [6.45, 7) is 6.38. The summed E-state index contributed by atoms with van der Waals surface area (Å²) in [7, 11) is 0. The number of para-hydroxylation sites is 2. The van der Waals surface area contributed by atoms with Crippen LogP contribution in [0.15, 0.2) is 54.6 Å². The summed E-state index contributed by atoms with van der Waals surface area (Å²) >= 11 is 0. The normalized spacial score (nSPS) is 13.2. The summed E-state index contributed by atoms with van der Waals surface area (Å²) in [5, 5.41) is 3.39. The van der Waals surface area contributed by atoms with Crippen LogP contribution in [0.25, 0.3) is 0 Å². The van der Waals surface area contributed by atoms with Crippen LogP contribution in [0.3, 0.4) is 0 Å². The zero-order valence-electron chi connectivity index (χ0n) is 15.8. The number of ether oxygens (including phenoxy) is 1. The third-order valence-electron chi connectivity index (χ3n) is 4.73. The number of fused-ring (bicyclic) bond motifs is 1. The van der Waals surface area contributed by atoms with Gasteiger partial charge in [-0.05, 0) is 43.5 Å². The van der Waals surface area contributed by atoms with Crippen LogP contribution in [0.2, 0.25) is 0 Å². The number of aryl methyl sites for hydroxylation is 1. The highest BCUT2D eigenvalue weighted by Gasteiger charge is 2.18. The largest absolute Gasteiger partial charge is 0.492 e. The minimum Gasteiger partial charge on any atom is -0.492 e. The van der Waals surface area contributed by atoms with Crippen LogP contribution in [-0.4, -0.2) is 23.1 Å². The number of nitrogens with zero attached hydrogens (tertiary/aromatic N) is 3. The summed E-state index contributed by atoms with van der Waals surface area (Å²) in [5.74, 6) is 3.31. The van der Waals surface area contributed by atoms with E-state index in [4.69, 9.17) is 4.74 Å². The fourth-order valence-corrected chi connectivity index (χ4v) is 3.46. The lowest BCUT2D eigenvalue weighted by atomic mass is 10.00. The fraction of sp³-hybridized carbons (Fsp3) is 0.273. The van der Waals surface area contributed by atoms with Crippen molar-refractivity contribution in [2.24, 2.45) is 0 Å². The third kappa shape index (κ3) is 3.87. The number of hydrogen-bond acceptors (Lipinski definition) is 5. The van der Waals surface area contributed by atoms with Crippen LogP contribution in [-0.2, 0) is 13.0 Å². The summed E-state index contributed by atoms with van der Waals surface area (Å²) in [4.78, 5) is 11.6. The van der Waals surface area contributed by atoms with Gasteiger partial charge in [0.1, 0.15) is 23.2 Å². The molecule has 138 valence electrons. The first-order chi connectivity index (χ1) is 13.2. The Morgan fingerprint density at radius 1 is 1.04 bits per heavy atom. The lowest BCUT2D eigenvalue weighted by Crippen LogP contribution is -2.31. The van der Waals surface area contributed by atoms with Gasteiger partial charge in [0.2, 0.25) is 0 Å². The Morgan fingerprint density at radius 2 is 1.81 bits per heavy atom. The number of rotatable bonds is 5. The molecule has 0 saturated carbocycles. The average molecular weight is 360 g/mol. The molecular formula is C22H24N4O. The summed E-state index contributed by atoms with van der Waals surface area (Å²) < 4.78 is 5.71. The lowest BCUT2D eigenvalue weighted by Gasteiger charge is -2.30. The highest BCUT2D eigenvalue weighted by atomic mass is 16.5. The van der Waals surface area contributed by atoms with Gasteiger partial charge >= 0.3 is 0 Å². The van der Waals surface area contributed by atoms with Gasteiger partial charge in [0.25, 0.3) is 0 Å². The molecule has 0 aliphatic carbocycles. The van der Waals surface area contributed by atoms with E-state index in [0.29, 0.717) is 6.61 Å². The van der Waals surface area contributed by atoms with Gasteiger partial charge < -0.3 is 15.0 Å². The van der Waals surface area contributed by atoms with Gasteiger partial charge in [-0.15, -0.1) is 0 Å². The summed E-state index contributed by atoms with van der Waals surface area (Å²) in [5.41, 5.74) is 3.71. The van der Waals surface area contributed by atoms with E-state index < -0.39 is 0 Å². The number of nitrogens with one attached hydrogen (secondary N) is 1. The first-order valence-electron chi connectivity index (χ1n) is 9.39. The molecule has 0 fully saturated rings. The molecule has 0 radical (unpaired) electrons. The van der Waals surface area contributed by atoms with E-state index >= 15 is 0 Å². The van der Waals surface area contributed by atoms with Gasteiger partial charge in [-0.1, -0.05) is 36.4 Å². The third-order valence-corrected chi connectivity index (χ3v) is 4.73. The molecule has 27 heavy (non-hydrogen) atoms. The highest BCUT2D eigenvalue weighted by Crippen LogP contribution is 2.29. The molecular weight excluding hydrogens is 336 g/mol. The monoisotopic (exact) mass is 360 g/mol. The molecule has 4 rings (SSSR count). The van der Waals surface area contributed by atoms with E-state index in [1.807, 2.05) is 44.2 Å². The minimum absolute atomic E-state index is 0.625. The first kappa shape index (κ1) is 17.3. The Labute approximate surface area is 160 Å². The first-order valence-corrected chi connectivity index (χ1v) is 9.39. The smallest absolute Gasteiger partial charge is 0.142 e. The van der Waals surface area contributed by atoms with E-state index in [9.17, 15) is 0 Å². The van der Waals surface area contributed by atoms with Crippen molar-refractivity contribution in [2.45, 2.75) is 26.8 Å². The van der Waals surface area contributed by atoms with E-state index in [1.54, 1.807) is 0 Å². The molecule has 3 aromatic rings. The van der Waals surface area contributed by atoms with E-state index in [-0.39, 0.29) is 0 Å². The van der Waals surface area contributed by atoms with Crippen molar-refractivity contribution < 1.29 is 4.74 Å². The number of aromatic nitrogens is 2. The quantitative estimate of drug-likeness (QED) is 0.726. The maximum absolute atomic E-state index is 5.71. The molecule has 0 unspecified atom stereocenters. The Balaban J connectivity index is 1.59. The molecule has 2 aromatic carbocycles. The zero-order chi connectivity index (χ0) is 18.6. The van der Waals surface area contributed by atoms with Crippen LogP contribution >= 0.6 is 0 Å². The maximum Gasteiger partial charge on any atom is 0.142 e. The van der Waals surface area contributed by atoms with Crippen LogP contribution in [0, 0.1) is 6.92 Å². The van der Waals surface area contributed by atoms with Gasteiger partial charge in [0, 0.05) is 19.2 Å². The van der Waals surface area contributed by atoms with Crippen LogP contribution in [0.5, 0.6) is 5.75 Å². The van der Waals surface area contributed by atoms with Gasteiger partial charge in [0.15, 0.2) is 0 Å². The fourth-order valence-electron chi connectivity index (χ4n) is 3.46. The van der Waals surface area contributed by atoms with E-state index in [0.717, 1.165) is 48.4 Å². The molecule has 1 aliphatic rings. The second kappa shape index (κ2) is 7.66. The minimum atomic E-state index is 0.625. The van der Waals surface area contributed by atoms with Crippen molar-refractivity contribution in [3.63, 3.8) is 0 Å². The molecule has 0 atom stereocenters. The van der Waals surface area contributed by atoms with Gasteiger partial charge in [-0.2, -0.15) is 0 Å². The second-order valence-electron chi connectivity index (χ2n) is 6.65. The Bertz CT molecular complexity index is 941. The van der Waals surface area contributed by atoms with Crippen molar-refractivity contribution in [1.29, 1.82) is 0 Å². The summed E-state index contributed by atoms with van der Waals surface area (Å²) in [6.07, 6.45) is 1.04. The molecule has 0 saturated heterocycles. The molecule has 1 aromatic heterocycles. The molecule has 5 nitrogen and oxygen atoms in total. The van der Waals surface area contributed by atoms with Crippen molar-refractivity contribution in [1.82, 2.24) is 9.97 Å². The maximum atomic E-state index is 5.71. The van der Waals surface area contributed by atoms with Crippen molar-refractivity contribution >= 4 is 17.3 Å². The van der Waals surface area contributed by atoms with Crippen molar-refractivity contribution in [2.75, 3.05) is 23.4 Å². The van der Waals surface area contributed by atoms with Gasteiger partial charge in [-0.25, -0.2) is 9.97 Å². The van der Waals surface area contributed by atoms with Crippen molar-refractivity contribution in [3.8, 4) is 5.75 Å². The second-order valence-corrected chi connectivity index (χ2v) is 6.65. The number of benzene rings is 2. The van der Waals surface area contributed by atoms with E-state index in [1.165, 1.54) is 11.1 Å².